The summed E-state index contributed by atoms with van der Waals surface area (Å²) in [5.41, 5.74) is 7.64. The van der Waals surface area contributed by atoms with E-state index in [1.807, 2.05) is 25.1 Å². The minimum atomic E-state index is -0.947. The van der Waals surface area contributed by atoms with Crippen LogP contribution in [-0.4, -0.2) is 27.9 Å². The second-order valence-corrected chi connectivity index (χ2v) is 3.57. The van der Waals surface area contributed by atoms with Crippen molar-refractivity contribution in [3.63, 3.8) is 0 Å². The molecule has 16 heavy (non-hydrogen) atoms. The second kappa shape index (κ2) is 5.30. The first-order valence-corrected chi connectivity index (χ1v) is 5.09. The van der Waals surface area contributed by atoms with Gasteiger partial charge >= 0.3 is 0 Å². The van der Waals surface area contributed by atoms with Crippen molar-refractivity contribution in [3.8, 4) is 5.75 Å². The molecule has 4 heteroatoms. The van der Waals surface area contributed by atoms with E-state index >= 15 is 0 Å². The van der Waals surface area contributed by atoms with Crippen molar-refractivity contribution in [2.24, 2.45) is 5.73 Å². The van der Waals surface area contributed by atoms with Crippen molar-refractivity contribution in [1.29, 1.82) is 0 Å². The summed E-state index contributed by atoms with van der Waals surface area (Å²) in [6.07, 6.45) is 0. The Kier molecular flexibility index (Phi) is 4.29. The molecule has 0 heterocycles. The van der Waals surface area contributed by atoms with E-state index in [4.69, 9.17) is 19.9 Å². The smallest absolute Gasteiger partial charge is 0.210 e. The summed E-state index contributed by atoms with van der Waals surface area (Å²) in [5.74, 6) is -0.239. The minimum Gasteiger partial charge on any atom is -0.496 e. The monoisotopic (exact) mass is 225 g/mol. The first-order valence-electron chi connectivity index (χ1n) is 5.09. The van der Waals surface area contributed by atoms with Crippen molar-refractivity contribution in [2.75, 3.05) is 27.9 Å². The highest BCUT2D eigenvalue weighted by molar-refractivity contribution is 5.40. The van der Waals surface area contributed by atoms with E-state index < -0.39 is 5.79 Å². The first kappa shape index (κ1) is 13.0. The summed E-state index contributed by atoms with van der Waals surface area (Å²) in [4.78, 5) is 0. The molecule has 0 amide bonds. The van der Waals surface area contributed by atoms with E-state index in [0.717, 1.165) is 11.1 Å². The molecule has 0 aliphatic carbocycles. The molecule has 2 N–H and O–H groups in total. The molecule has 0 radical (unpaired) electrons. The van der Waals surface area contributed by atoms with Gasteiger partial charge in [-0.15, -0.1) is 0 Å². The lowest BCUT2D eigenvalue weighted by molar-refractivity contribution is -0.208. The van der Waals surface area contributed by atoms with Gasteiger partial charge in [0.05, 0.1) is 19.2 Å². The predicted octanol–water partition coefficient (Wildman–Crippen LogP) is 1.41. The van der Waals surface area contributed by atoms with Gasteiger partial charge < -0.3 is 19.9 Å². The Morgan fingerprint density at radius 2 is 1.81 bits per heavy atom. The fraction of sp³-hybridized carbons (Fsp3) is 0.500. The third kappa shape index (κ3) is 2.19. The summed E-state index contributed by atoms with van der Waals surface area (Å²) in [5, 5.41) is 0. The first-order chi connectivity index (χ1) is 7.63. The quantitative estimate of drug-likeness (QED) is 0.770. The molecule has 0 bridgehead atoms. The molecule has 0 spiro atoms. The Bertz CT molecular complexity index is 340. The maximum absolute atomic E-state index is 5.73. The van der Waals surface area contributed by atoms with Gasteiger partial charge in [0.25, 0.3) is 0 Å². The van der Waals surface area contributed by atoms with Crippen LogP contribution in [0.15, 0.2) is 18.2 Å². The number of rotatable bonds is 5. The van der Waals surface area contributed by atoms with Gasteiger partial charge in [-0.3, -0.25) is 0 Å². The van der Waals surface area contributed by atoms with E-state index in [9.17, 15) is 0 Å². The van der Waals surface area contributed by atoms with E-state index in [0.29, 0.717) is 5.75 Å². The Labute approximate surface area is 96.3 Å². The lowest BCUT2D eigenvalue weighted by Gasteiger charge is -2.31. The topological polar surface area (TPSA) is 53.7 Å². The van der Waals surface area contributed by atoms with Crippen molar-refractivity contribution in [2.45, 2.75) is 12.7 Å². The Balaban J connectivity index is 3.32. The van der Waals surface area contributed by atoms with Crippen molar-refractivity contribution in [3.05, 3.63) is 29.3 Å². The standard InChI is InChI=1S/C12H19NO3/c1-9-5-6-11(14-2)10(7-9)12(8-13,15-3)16-4/h5-7H,8,13H2,1-4H3. The van der Waals surface area contributed by atoms with Gasteiger partial charge in [-0.25, -0.2) is 0 Å². The number of methoxy groups -OCH3 is 3. The molecule has 0 saturated heterocycles. The van der Waals surface area contributed by atoms with Crippen molar-refractivity contribution in [1.82, 2.24) is 0 Å². The van der Waals surface area contributed by atoms with E-state index in [1.54, 1.807) is 21.3 Å². The van der Waals surface area contributed by atoms with E-state index in [-0.39, 0.29) is 6.54 Å². The van der Waals surface area contributed by atoms with Crippen molar-refractivity contribution >= 4 is 0 Å². The fourth-order valence-electron chi connectivity index (χ4n) is 1.70. The third-order valence-corrected chi connectivity index (χ3v) is 2.69. The number of nitrogens with two attached hydrogens (primary N) is 1. The molecule has 0 aromatic heterocycles. The van der Waals surface area contributed by atoms with Crippen LogP contribution in [-0.2, 0) is 15.3 Å². The van der Waals surface area contributed by atoms with E-state index in [2.05, 4.69) is 0 Å². The number of ether oxygens (including phenoxy) is 3. The molecule has 1 aromatic carbocycles. The average molecular weight is 225 g/mol. The van der Waals surface area contributed by atoms with Crippen LogP contribution in [0.2, 0.25) is 0 Å². The molecule has 1 aromatic rings. The van der Waals surface area contributed by atoms with Crippen LogP contribution in [0.25, 0.3) is 0 Å². The third-order valence-electron chi connectivity index (χ3n) is 2.69. The zero-order valence-electron chi connectivity index (χ0n) is 10.2. The second-order valence-electron chi connectivity index (χ2n) is 3.57. The molecule has 90 valence electrons. The van der Waals surface area contributed by atoms with Gasteiger partial charge in [0.15, 0.2) is 0 Å². The fourth-order valence-corrected chi connectivity index (χ4v) is 1.70. The van der Waals surface area contributed by atoms with Crippen LogP contribution in [0.4, 0.5) is 0 Å². The number of aryl methyl sites for hydroxylation is 1. The predicted molar refractivity (Wildman–Crippen MR) is 62.5 cm³/mol. The molecular formula is C12H19NO3. The number of benzene rings is 1. The highest BCUT2D eigenvalue weighted by Crippen LogP contribution is 2.33. The molecule has 0 saturated carbocycles. The van der Waals surface area contributed by atoms with Crippen molar-refractivity contribution < 1.29 is 14.2 Å². The molecule has 0 fully saturated rings. The van der Waals surface area contributed by atoms with Crippen LogP contribution < -0.4 is 10.5 Å². The molecule has 0 aliphatic heterocycles. The maximum Gasteiger partial charge on any atom is 0.210 e. The largest absolute Gasteiger partial charge is 0.496 e. The zero-order chi connectivity index (χ0) is 12.2. The lowest BCUT2D eigenvalue weighted by atomic mass is 10.0. The molecule has 1 rings (SSSR count). The van der Waals surface area contributed by atoms with Crippen LogP contribution in [0.1, 0.15) is 11.1 Å². The normalized spacial score (nSPS) is 11.6. The Hall–Kier alpha value is -1.10. The summed E-state index contributed by atoms with van der Waals surface area (Å²) >= 11 is 0. The summed E-state index contributed by atoms with van der Waals surface area (Å²) in [6, 6.07) is 5.81. The van der Waals surface area contributed by atoms with Crippen LogP contribution in [0.5, 0.6) is 5.75 Å². The lowest BCUT2D eigenvalue weighted by Crippen LogP contribution is -2.39. The summed E-state index contributed by atoms with van der Waals surface area (Å²) in [7, 11) is 4.75. The number of hydrogen-bond donors (Lipinski definition) is 1. The Morgan fingerprint density at radius 3 is 2.25 bits per heavy atom. The molecule has 0 atom stereocenters. The number of hydrogen-bond acceptors (Lipinski definition) is 4. The summed E-state index contributed by atoms with van der Waals surface area (Å²) in [6.45, 7) is 2.22. The highest BCUT2D eigenvalue weighted by atomic mass is 16.7. The minimum absolute atomic E-state index is 0.222. The average Bonchev–Trinajstić information content (AvgIpc) is 2.32. The summed E-state index contributed by atoms with van der Waals surface area (Å²) < 4.78 is 16.1. The highest BCUT2D eigenvalue weighted by Gasteiger charge is 2.33. The van der Waals surface area contributed by atoms with Gasteiger partial charge in [-0.2, -0.15) is 0 Å². The van der Waals surface area contributed by atoms with Crippen LogP contribution in [0.3, 0.4) is 0 Å². The van der Waals surface area contributed by atoms with Gasteiger partial charge in [-0.1, -0.05) is 11.6 Å². The van der Waals surface area contributed by atoms with Gasteiger partial charge in [0.2, 0.25) is 5.79 Å². The molecule has 0 unspecified atom stereocenters. The zero-order valence-corrected chi connectivity index (χ0v) is 10.2. The van der Waals surface area contributed by atoms with Gasteiger partial charge in [-0.05, 0) is 19.1 Å². The maximum atomic E-state index is 5.73. The van der Waals surface area contributed by atoms with Crippen LogP contribution >= 0.6 is 0 Å². The van der Waals surface area contributed by atoms with Gasteiger partial charge in [0.1, 0.15) is 5.75 Å². The van der Waals surface area contributed by atoms with Gasteiger partial charge in [0, 0.05) is 14.2 Å². The van der Waals surface area contributed by atoms with E-state index in [1.165, 1.54) is 0 Å². The van der Waals surface area contributed by atoms with Crippen LogP contribution in [0, 0.1) is 6.92 Å². The molecule has 0 aliphatic rings. The molecular weight excluding hydrogens is 206 g/mol. The Morgan fingerprint density at radius 1 is 1.19 bits per heavy atom. The SMILES string of the molecule is COc1ccc(C)cc1C(CN)(OC)OC. The molecule has 4 nitrogen and oxygen atoms in total.